The molecule has 0 aliphatic heterocycles. The van der Waals surface area contributed by atoms with Gasteiger partial charge in [-0.15, -0.1) is 11.3 Å². The summed E-state index contributed by atoms with van der Waals surface area (Å²) in [6, 6.07) is 9.08. The van der Waals surface area contributed by atoms with Gasteiger partial charge in [0, 0.05) is 5.69 Å². The third-order valence-corrected chi connectivity index (χ3v) is 4.34. The molecule has 1 aromatic carbocycles. The van der Waals surface area contributed by atoms with E-state index in [1.165, 1.54) is 17.6 Å². The van der Waals surface area contributed by atoms with Crippen molar-refractivity contribution in [1.29, 1.82) is 0 Å². The summed E-state index contributed by atoms with van der Waals surface area (Å²) in [5.74, 6) is -0.730. The lowest BCUT2D eigenvalue weighted by Gasteiger charge is -2.05. The number of hydrogen-bond donors (Lipinski definition) is 2. The first-order valence-corrected chi connectivity index (χ1v) is 8.10. The number of carbonyl (C=O) groups excluding carboxylic acids is 2. The molecule has 0 aliphatic carbocycles. The molecule has 0 saturated heterocycles. The van der Waals surface area contributed by atoms with Gasteiger partial charge in [-0.3, -0.25) is 14.9 Å². The summed E-state index contributed by atoms with van der Waals surface area (Å²) in [6.45, 7) is 3.97. The molecule has 0 fully saturated rings. The van der Waals surface area contributed by atoms with E-state index >= 15 is 0 Å². The normalized spacial score (nSPS) is 10.4. The zero-order valence-electron chi connectivity index (χ0n) is 13.1. The molecular formula is C17H15N3O3S. The molecular weight excluding hydrogens is 326 g/mol. The molecule has 24 heavy (non-hydrogen) atoms. The number of aryl methyl sites for hydroxylation is 2. The lowest BCUT2D eigenvalue weighted by atomic mass is 10.1. The van der Waals surface area contributed by atoms with E-state index in [2.05, 4.69) is 15.6 Å². The van der Waals surface area contributed by atoms with Crippen molar-refractivity contribution in [1.82, 2.24) is 4.98 Å². The van der Waals surface area contributed by atoms with E-state index in [-0.39, 0.29) is 17.6 Å². The van der Waals surface area contributed by atoms with Crippen LogP contribution in [0.5, 0.6) is 0 Å². The van der Waals surface area contributed by atoms with Gasteiger partial charge in [-0.2, -0.15) is 4.98 Å². The Hall–Kier alpha value is -2.93. The number of aromatic nitrogens is 1. The van der Waals surface area contributed by atoms with E-state index in [4.69, 9.17) is 4.42 Å². The number of nitrogens with one attached hydrogen (secondary N) is 2. The van der Waals surface area contributed by atoms with Crippen molar-refractivity contribution in [2.75, 3.05) is 10.6 Å². The SMILES string of the molecule is Cc1ccc(NC(=O)c2coc(NC(=O)c3cccs3)n2)cc1C. The molecule has 0 spiro atoms. The molecule has 0 bridgehead atoms. The van der Waals surface area contributed by atoms with Crippen LogP contribution in [-0.4, -0.2) is 16.8 Å². The second-order valence-electron chi connectivity index (χ2n) is 5.22. The van der Waals surface area contributed by atoms with Gasteiger partial charge in [-0.25, -0.2) is 0 Å². The molecule has 122 valence electrons. The van der Waals surface area contributed by atoms with Crippen LogP contribution in [0.15, 0.2) is 46.4 Å². The number of thiophene rings is 1. The number of nitrogens with zero attached hydrogens (tertiary/aromatic N) is 1. The van der Waals surface area contributed by atoms with Crippen molar-refractivity contribution in [3.8, 4) is 0 Å². The van der Waals surface area contributed by atoms with E-state index in [1.807, 2.05) is 32.0 Å². The third kappa shape index (κ3) is 3.52. The molecule has 2 amide bonds. The van der Waals surface area contributed by atoms with Crippen molar-refractivity contribution in [2.24, 2.45) is 0 Å². The second kappa shape index (κ2) is 6.67. The third-order valence-electron chi connectivity index (χ3n) is 3.47. The Morgan fingerprint density at radius 1 is 1.08 bits per heavy atom. The number of hydrogen-bond acceptors (Lipinski definition) is 5. The predicted octanol–water partition coefficient (Wildman–Crippen LogP) is 3.86. The fraction of sp³-hybridized carbons (Fsp3) is 0.118. The maximum atomic E-state index is 12.2. The van der Waals surface area contributed by atoms with Gasteiger partial charge in [0.05, 0.1) is 4.88 Å². The van der Waals surface area contributed by atoms with E-state index in [9.17, 15) is 9.59 Å². The van der Waals surface area contributed by atoms with Gasteiger partial charge in [0.2, 0.25) is 0 Å². The molecule has 2 heterocycles. The summed E-state index contributed by atoms with van der Waals surface area (Å²) in [4.78, 5) is 28.6. The van der Waals surface area contributed by atoms with Gasteiger partial charge in [0.1, 0.15) is 6.26 Å². The standard InChI is InChI=1S/C17H15N3O3S/c1-10-5-6-12(8-11(10)2)18-15(21)13-9-23-17(19-13)20-16(22)14-4-3-7-24-14/h3-9H,1-2H3,(H,18,21)(H,19,20,22). The van der Waals surface area contributed by atoms with Crippen molar-refractivity contribution < 1.29 is 14.0 Å². The Balaban J connectivity index is 1.67. The quantitative estimate of drug-likeness (QED) is 0.755. The molecule has 0 atom stereocenters. The second-order valence-corrected chi connectivity index (χ2v) is 6.17. The first kappa shape index (κ1) is 15.9. The maximum Gasteiger partial charge on any atom is 0.302 e. The number of rotatable bonds is 4. The van der Waals surface area contributed by atoms with Crippen LogP contribution in [0.25, 0.3) is 0 Å². The molecule has 2 aromatic heterocycles. The van der Waals surface area contributed by atoms with Crippen LogP contribution in [0, 0.1) is 13.8 Å². The first-order chi connectivity index (χ1) is 11.5. The van der Waals surface area contributed by atoms with Gasteiger partial charge < -0.3 is 9.73 Å². The summed E-state index contributed by atoms with van der Waals surface area (Å²) >= 11 is 1.31. The summed E-state index contributed by atoms with van der Waals surface area (Å²) in [5.41, 5.74) is 3.00. The minimum absolute atomic E-state index is 0.0152. The molecule has 2 N–H and O–H groups in total. The molecule has 0 aliphatic rings. The summed E-state index contributed by atoms with van der Waals surface area (Å²) < 4.78 is 5.14. The fourth-order valence-electron chi connectivity index (χ4n) is 2.02. The average Bonchev–Trinajstić information content (AvgIpc) is 3.22. The van der Waals surface area contributed by atoms with Crippen LogP contribution < -0.4 is 10.6 Å². The van der Waals surface area contributed by atoms with Crippen LogP contribution in [0.2, 0.25) is 0 Å². The highest BCUT2D eigenvalue weighted by Gasteiger charge is 2.15. The van der Waals surface area contributed by atoms with Crippen LogP contribution in [0.4, 0.5) is 11.7 Å². The molecule has 3 rings (SSSR count). The molecule has 7 heteroatoms. The van der Waals surface area contributed by atoms with Crippen molar-refractivity contribution >= 4 is 34.9 Å². The number of anilines is 2. The lowest BCUT2D eigenvalue weighted by Crippen LogP contribution is -2.14. The van der Waals surface area contributed by atoms with Crippen LogP contribution in [0.1, 0.15) is 31.3 Å². The Labute approximate surface area is 142 Å². The summed E-state index contributed by atoms with van der Waals surface area (Å²) in [7, 11) is 0. The highest BCUT2D eigenvalue weighted by molar-refractivity contribution is 7.12. The van der Waals surface area contributed by atoms with Crippen molar-refractivity contribution in [2.45, 2.75) is 13.8 Å². The highest BCUT2D eigenvalue weighted by atomic mass is 32.1. The Bertz CT molecular complexity index is 884. The largest absolute Gasteiger partial charge is 0.431 e. The van der Waals surface area contributed by atoms with Crippen molar-refractivity contribution in [3.05, 3.63) is 63.7 Å². The Morgan fingerprint density at radius 3 is 2.62 bits per heavy atom. The van der Waals surface area contributed by atoms with E-state index < -0.39 is 5.91 Å². The Kier molecular flexibility index (Phi) is 4.43. The predicted molar refractivity (Wildman–Crippen MR) is 92.6 cm³/mol. The summed E-state index contributed by atoms with van der Waals surface area (Å²) in [5, 5.41) is 7.06. The number of carbonyl (C=O) groups is 2. The van der Waals surface area contributed by atoms with Gasteiger partial charge >= 0.3 is 6.01 Å². The zero-order valence-corrected chi connectivity index (χ0v) is 13.9. The van der Waals surface area contributed by atoms with Gasteiger partial charge in [0.15, 0.2) is 5.69 Å². The smallest absolute Gasteiger partial charge is 0.302 e. The fourth-order valence-corrected chi connectivity index (χ4v) is 2.64. The monoisotopic (exact) mass is 341 g/mol. The maximum absolute atomic E-state index is 12.2. The number of amides is 2. The topological polar surface area (TPSA) is 84.2 Å². The van der Waals surface area contributed by atoms with Gasteiger partial charge in [0.25, 0.3) is 11.8 Å². The van der Waals surface area contributed by atoms with Gasteiger partial charge in [-0.05, 0) is 48.6 Å². The van der Waals surface area contributed by atoms with Crippen LogP contribution in [-0.2, 0) is 0 Å². The molecule has 0 unspecified atom stereocenters. The lowest BCUT2D eigenvalue weighted by molar-refractivity contribution is 0.101. The van der Waals surface area contributed by atoms with E-state index in [0.717, 1.165) is 11.1 Å². The Morgan fingerprint density at radius 2 is 1.92 bits per heavy atom. The van der Waals surface area contributed by atoms with Crippen LogP contribution >= 0.6 is 11.3 Å². The molecule has 0 radical (unpaired) electrons. The minimum Gasteiger partial charge on any atom is -0.431 e. The van der Waals surface area contributed by atoms with Crippen molar-refractivity contribution in [3.63, 3.8) is 0 Å². The first-order valence-electron chi connectivity index (χ1n) is 7.22. The summed E-state index contributed by atoms with van der Waals surface area (Å²) in [6.07, 6.45) is 1.21. The van der Waals surface area contributed by atoms with E-state index in [0.29, 0.717) is 10.6 Å². The molecule has 3 aromatic rings. The van der Waals surface area contributed by atoms with Gasteiger partial charge in [-0.1, -0.05) is 12.1 Å². The molecule has 0 saturated carbocycles. The highest BCUT2D eigenvalue weighted by Crippen LogP contribution is 2.17. The number of benzene rings is 1. The number of oxazole rings is 1. The average molecular weight is 341 g/mol. The minimum atomic E-state index is -0.404. The molecule has 6 nitrogen and oxygen atoms in total. The van der Waals surface area contributed by atoms with Crippen LogP contribution in [0.3, 0.4) is 0 Å². The van der Waals surface area contributed by atoms with E-state index in [1.54, 1.807) is 17.5 Å². The zero-order chi connectivity index (χ0) is 17.1.